The molecule has 6 rings (SSSR count). The number of fused-ring (bicyclic) bond motifs is 2. The summed E-state index contributed by atoms with van der Waals surface area (Å²) in [6.45, 7) is 11.8. The molecule has 2 fully saturated rings. The number of carbonyl (C=O) groups excluding carboxylic acids is 2. The predicted molar refractivity (Wildman–Crippen MR) is 165 cm³/mol. The third-order valence-corrected chi connectivity index (χ3v) is 9.54. The van der Waals surface area contributed by atoms with Crippen LogP contribution in [0.1, 0.15) is 104 Å². The van der Waals surface area contributed by atoms with Crippen LogP contribution in [-0.4, -0.2) is 64.0 Å². The average Bonchev–Trinajstić information content (AvgIpc) is 3.78. The van der Waals surface area contributed by atoms with Crippen molar-refractivity contribution in [2.75, 3.05) is 31.1 Å². The first-order valence-corrected chi connectivity index (χ1v) is 16.0. The van der Waals surface area contributed by atoms with E-state index in [0.717, 1.165) is 80.5 Å². The quantitative estimate of drug-likeness (QED) is 0.361. The van der Waals surface area contributed by atoms with E-state index in [1.807, 2.05) is 17.9 Å². The third-order valence-electron chi connectivity index (χ3n) is 9.54. The van der Waals surface area contributed by atoms with E-state index in [1.165, 1.54) is 6.42 Å². The van der Waals surface area contributed by atoms with E-state index in [-0.39, 0.29) is 17.7 Å². The summed E-state index contributed by atoms with van der Waals surface area (Å²) in [6, 6.07) is 8.57. The molecule has 0 spiro atoms. The van der Waals surface area contributed by atoms with Crippen LogP contribution >= 0.6 is 0 Å². The lowest BCUT2D eigenvalue weighted by atomic mass is 9.87. The number of hydrogen-bond acceptors (Lipinski definition) is 6. The number of hydrogen-bond donors (Lipinski definition) is 0. The Morgan fingerprint density at radius 1 is 0.952 bits per heavy atom. The minimum Gasteiger partial charge on any atom is -0.336 e. The Morgan fingerprint density at radius 3 is 2.48 bits per heavy atom. The molecule has 0 unspecified atom stereocenters. The molecule has 0 N–H and O–H groups in total. The molecule has 1 aromatic carbocycles. The summed E-state index contributed by atoms with van der Waals surface area (Å²) >= 11 is 0. The minimum absolute atomic E-state index is 0.0313. The first-order chi connectivity index (χ1) is 20.3. The minimum atomic E-state index is -0.0313. The Balaban J connectivity index is 1.42. The van der Waals surface area contributed by atoms with Crippen molar-refractivity contribution in [1.82, 2.24) is 19.9 Å². The molecule has 3 aliphatic rings. The van der Waals surface area contributed by atoms with E-state index >= 15 is 0 Å². The zero-order valence-electron chi connectivity index (χ0n) is 25.7. The molecule has 8 heteroatoms. The largest absolute Gasteiger partial charge is 0.336 e. The normalized spacial score (nSPS) is 19.6. The van der Waals surface area contributed by atoms with Crippen LogP contribution in [0.5, 0.6) is 0 Å². The maximum atomic E-state index is 14.6. The highest BCUT2D eigenvalue weighted by atomic mass is 16.5. The van der Waals surface area contributed by atoms with Gasteiger partial charge in [-0.25, -0.2) is 4.98 Å². The number of pyridine rings is 1. The zero-order chi connectivity index (χ0) is 29.4. The number of aryl methyl sites for hydroxylation is 2. The Labute approximate surface area is 249 Å². The number of para-hydroxylation sites is 1. The monoisotopic (exact) mass is 571 g/mol. The van der Waals surface area contributed by atoms with Gasteiger partial charge in [0.25, 0.3) is 11.6 Å². The Morgan fingerprint density at radius 2 is 1.74 bits per heavy atom. The van der Waals surface area contributed by atoms with Crippen molar-refractivity contribution in [2.24, 2.45) is 5.92 Å². The lowest BCUT2D eigenvalue weighted by Gasteiger charge is -2.33. The zero-order valence-corrected chi connectivity index (χ0v) is 25.7. The second-order valence-electron chi connectivity index (χ2n) is 12.9. The molecule has 1 aliphatic heterocycles. The Bertz CT molecular complexity index is 1450. The second kappa shape index (κ2) is 12.2. The van der Waals surface area contributed by atoms with E-state index in [4.69, 9.17) is 9.51 Å². The number of rotatable bonds is 4. The topological polar surface area (TPSA) is 82.8 Å². The summed E-state index contributed by atoms with van der Waals surface area (Å²) in [5.74, 6) is 0.686. The lowest BCUT2D eigenvalue weighted by molar-refractivity contribution is -0.123. The highest BCUT2D eigenvalue weighted by Gasteiger charge is 2.33. The van der Waals surface area contributed by atoms with Crippen LogP contribution in [0, 0.1) is 19.8 Å². The van der Waals surface area contributed by atoms with Crippen molar-refractivity contribution in [2.45, 2.75) is 97.6 Å². The molecular formula is C34H45N5O3. The number of carbonyl (C=O) groups is 2. The summed E-state index contributed by atoms with van der Waals surface area (Å²) in [5, 5.41) is 4.88. The molecule has 2 aromatic heterocycles. The predicted octanol–water partition coefficient (Wildman–Crippen LogP) is 6.39. The van der Waals surface area contributed by atoms with Crippen LogP contribution in [0.2, 0.25) is 0 Å². The molecule has 224 valence electrons. The van der Waals surface area contributed by atoms with E-state index < -0.39 is 0 Å². The van der Waals surface area contributed by atoms with E-state index in [9.17, 15) is 9.59 Å². The van der Waals surface area contributed by atoms with Crippen LogP contribution in [0.15, 0.2) is 28.8 Å². The third kappa shape index (κ3) is 5.83. The van der Waals surface area contributed by atoms with Gasteiger partial charge in [0, 0.05) is 56.3 Å². The highest BCUT2D eigenvalue weighted by molar-refractivity contribution is 6.06. The molecular weight excluding hydrogens is 526 g/mol. The van der Waals surface area contributed by atoms with Gasteiger partial charge in [-0.15, -0.1) is 0 Å². The van der Waals surface area contributed by atoms with E-state index in [1.54, 1.807) is 0 Å². The SMILES string of the molecule is Cc1cccc2c1N(C(=O)C1CCCCC1)CCCN(C(C)C)CCN(C(=O)c1cc(C3CC3)nc3onc(C)c13)C2. The second-order valence-corrected chi connectivity index (χ2v) is 12.9. The first kappa shape index (κ1) is 28.8. The number of nitrogens with zero attached hydrogens (tertiary/aromatic N) is 5. The Kier molecular flexibility index (Phi) is 8.35. The van der Waals surface area contributed by atoms with Gasteiger partial charge in [-0.3, -0.25) is 14.5 Å². The van der Waals surface area contributed by atoms with Crippen molar-refractivity contribution >= 4 is 28.6 Å². The molecule has 8 nitrogen and oxygen atoms in total. The van der Waals surface area contributed by atoms with Gasteiger partial charge in [0.2, 0.25) is 5.91 Å². The molecule has 3 aromatic rings. The van der Waals surface area contributed by atoms with E-state index in [2.05, 4.69) is 53.9 Å². The smallest absolute Gasteiger partial charge is 0.259 e. The summed E-state index contributed by atoms with van der Waals surface area (Å²) in [7, 11) is 0. The van der Waals surface area contributed by atoms with Crippen LogP contribution in [0.3, 0.4) is 0 Å². The molecule has 2 amide bonds. The molecule has 0 saturated heterocycles. The molecule has 2 saturated carbocycles. The molecule has 0 bridgehead atoms. The first-order valence-electron chi connectivity index (χ1n) is 16.0. The summed E-state index contributed by atoms with van der Waals surface area (Å²) in [4.78, 5) is 39.9. The number of aromatic nitrogens is 2. The van der Waals surface area contributed by atoms with Gasteiger partial charge in [-0.2, -0.15) is 0 Å². The van der Waals surface area contributed by atoms with Gasteiger partial charge in [-0.1, -0.05) is 42.6 Å². The van der Waals surface area contributed by atoms with Gasteiger partial charge in [0.1, 0.15) is 0 Å². The molecule has 2 aliphatic carbocycles. The average molecular weight is 572 g/mol. The van der Waals surface area contributed by atoms with Crippen LogP contribution < -0.4 is 4.90 Å². The summed E-state index contributed by atoms with van der Waals surface area (Å²) in [5.41, 5.74) is 5.78. The van der Waals surface area contributed by atoms with Gasteiger partial charge in [0.05, 0.1) is 22.3 Å². The van der Waals surface area contributed by atoms with Gasteiger partial charge in [0.15, 0.2) is 0 Å². The molecule has 42 heavy (non-hydrogen) atoms. The standard InChI is InChI=1S/C34H45N5O3/c1-22(2)37-16-9-17-39(33(40)26-11-6-5-7-12-26)31-23(3)10-8-13-27(31)21-38(19-18-37)34(41)28-20-29(25-14-15-25)35-32-30(28)24(4)36-42-32/h8,10,13,20,22,25-26H,5-7,9,11-12,14-19,21H2,1-4H3. The fourth-order valence-corrected chi connectivity index (χ4v) is 6.94. The van der Waals surface area contributed by atoms with Crippen LogP contribution in [-0.2, 0) is 11.3 Å². The summed E-state index contributed by atoms with van der Waals surface area (Å²) in [6.07, 6.45) is 8.48. The number of benzene rings is 1. The Hall–Kier alpha value is -3.26. The number of anilines is 1. The van der Waals surface area contributed by atoms with Crippen LogP contribution in [0.4, 0.5) is 5.69 Å². The maximum absolute atomic E-state index is 14.6. The summed E-state index contributed by atoms with van der Waals surface area (Å²) < 4.78 is 5.58. The van der Waals surface area contributed by atoms with Gasteiger partial charge >= 0.3 is 0 Å². The van der Waals surface area contributed by atoms with Crippen LogP contribution in [0.25, 0.3) is 11.1 Å². The van der Waals surface area contributed by atoms with Crippen molar-refractivity contribution in [3.05, 3.63) is 52.3 Å². The fraction of sp³-hybridized carbons (Fsp3) is 0.588. The maximum Gasteiger partial charge on any atom is 0.259 e. The van der Waals surface area contributed by atoms with Crippen molar-refractivity contribution in [1.29, 1.82) is 0 Å². The van der Waals surface area contributed by atoms with Crippen molar-refractivity contribution in [3.8, 4) is 0 Å². The number of amides is 2. The lowest BCUT2D eigenvalue weighted by Crippen LogP contribution is -2.42. The van der Waals surface area contributed by atoms with Gasteiger partial charge < -0.3 is 14.3 Å². The highest BCUT2D eigenvalue weighted by Crippen LogP contribution is 2.41. The van der Waals surface area contributed by atoms with Gasteiger partial charge in [-0.05, 0) is 77.0 Å². The molecule has 3 heterocycles. The van der Waals surface area contributed by atoms with Crippen molar-refractivity contribution < 1.29 is 14.1 Å². The fourth-order valence-electron chi connectivity index (χ4n) is 6.94. The molecule has 0 radical (unpaired) electrons. The molecule has 0 atom stereocenters. The van der Waals surface area contributed by atoms with Crippen molar-refractivity contribution in [3.63, 3.8) is 0 Å². The van der Waals surface area contributed by atoms with E-state index in [0.29, 0.717) is 54.0 Å².